The Kier molecular flexibility index (Phi) is 8.67. The van der Waals surface area contributed by atoms with Gasteiger partial charge in [0.05, 0.1) is 24.8 Å². The summed E-state index contributed by atoms with van der Waals surface area (Å²) in [6.07, 6.45) is -8.92. The largest absolute Gasteiger partial charge is 0.460 e. The van der Waals surface area contributed by atoms with Crippen molar-refractivity contribution in [3.05, 3.63) is 11.9 Å². The molecule has 19 heteroatoms. The predicted octanol–water partition coefficient (Wildman–Crippen LogP) is 5.47. The third-order valence-corrected chi connectivity index (χ3v) is 4.34. The molecular formula is C17H18F13N3O3. The summed E-state index contributed by atoms with van der Waals surface area (Å²) in [6.45, 7) is 1.77. The van der Waals surface area contributed by atoms with Crippen molar-refractivity contribution in [2.24, 2.45) is 5.41 Å². The molecule has 0 saturated heterocycles. The van der Waals surface area contributed by atoms with Crippen molar-refractivity contribution in [3.63, 3.8) is 0 Å². The second-order valence-electron chi connectivity index (χ2n) is 8.36. The Bertz CT molecular complexity index is 908. The Morgan fingerprint density at radius 1 is 0.833 bits per heavy atom. The van der Waals surface area contributed by atoms with Gasteiger partial charge in [-0.25, -0.2) is 4.68 Å². The monoisotopic (exact) mass is 559 g/mol. The number of hydrogen-bond acceptors (Lipinski definition) is 5. The predicted molar refractivity (Wildman–Crippen MR) is 90.6 cm³/mol. The smallest absolute Gasteiger partial charge is 0.442 e. The molecule has 0 bridgehead atoms. The first-order valence-electron chi connectivity index (χ1n) is 9.42. The lowest BCUT2D eigenvalue weighted by Crippen LogP contribution is -2.70. The van der Waals surface area contributed by atoms with Crippen molar-refractivity contribution in [3.8, 4) is 0 Å². The van der Waals surface area contributed by atoms with Crippen LogP contribution in [0.5, 0.6) is 0 Å². The minimum absolute atomic E-state index is 0.196. The molecular weight excluding hydrogens is 541 g/mol. The average Bonchev–Trinajstić information content (AvgIpc) is 3.15. The van der Waals surface area contributed by atoms with Crippen LogP contribution < -0.4 is 0 Å². The van der Waals surface area contributed by atoms with Gasteiger partial charge in [-0.1, -0.05) is 5.21 Å². The number of halogens is 13. The van der Waals surface area contributed by atoms with Crippen LogP contribution in [0.15, 0.2) is 6.20 Å². The molecule has 0 radical (unpaired) electrons. The Labute approximate surface area is 193 Å². The minimum atomic E-state index is -7.94. The van der Waals surface area contributed by atoms with Crippen LogP contribution in [0.1, 0.15) is 32.9 Å². The van der Waals surface area contributed by atoms with Gasteiger partial charge in [-0.15, -0.1) is 5.10 Å². The molecule has 0 atom stereocenters. The van der Waals surface area contributed by atoms with Crippen molar-refractivity contribution < 1.29 is 71.3 Å². The first-order valence-corrected chi connectivity index (χ1v) is 9.42. The molecule has 0 fully saturated rings. The highest BCUT2D eigenvalue weighted by Crippen LogP contribution is 2.60. The Hall–Kier alpha value is -2.34. The van der Waals surface area contributed by atoms with Gasteiger partial charge in [-0.05, 0) is 20.8 Å². The molecule has 0 N–H and O–H groups in total. The number of esters is 1. The number of carbonyl (C=O) groups is 1. The van der Waals surface area contributed by atoms with Gasteiger partial charge in [0.2, 0.25) is 0 Å². The highest BCUT2D eigenvalue weighted by Gasteiger charge is 2.90. The van der Waals surface area contributed by atoms with Crippen LogP contribution in [0.3, 0.4) is 0 Å². The summed E-state index contributed by atoms with van der Waals surface area (Å²) in [6, 6.07) is 0. The summed E-state index contributed by atoms with van der Waals surface area (Å²) >= 11 is 0. The highest BCUT2D eigenvalue weighted by molar-refractivity contribution is 5.75. The molecule has 0 aliphatic rings. The van der Waals surface area contributed by atoms with E-state index in [2.05, 4.69) is 15.0 Å². The lowest BCUT2D eigenvalue weighted by atomic mass is 9.93. The van der Waals surface area contributed by atoms with E-state index in [1.807, 2.05) is 0 Å². The van der Waals surface area contributed by atoms with Crippen molar-refractivity contribution in [1.29, 1.82) is 0 Å². The fourth-order valence-electron chi connectivity index (χ4n) is 2.15. The van der Waals surface area contributed by atoms with Gasteiger partial charge in [0.1, 0.15) is 5.69 Å². The molecule has 1 aromatic rings. The molecule has 0 amide bonds. The third-order valence-electron chi connectivity index (χ3n) is 4.34. The van der Waals surface area contributed by atoms with Crippen LogP contribution in [0.2, 0.25) is 0 Å². The number of alkyl halides is 13. The van der Waals surface area contributed by atoms with Crippen LogP contribution in [0.4, 0.5) is 57.1 Å². The molecule has 0 unspecified atom stereocenters. The van der Waals surface area contributed by atoms with Crippen molar-refractivity contribution >= 4 is 5.97 Å². The summed E-state index contributed by atoms with van der Waals surface area (Å²) in [5.74, 6) is -37.8. The number of ether oxygens (including phenoxy) is 2. The van der Waals surface area contributed by atoms with E-state index in [-0.39, 0.29) is 5.69 Å². The standard InChI is InChI=1S/C17H18F13N3O3/c1-11(2,3)10(34)36-8-33-6-9(31-32-33)7-35-5-4-12(18,19)13(20,21)14(22,23)15(24,25)16(26,27)17(28,29)30/h6H,4-5,7-8H2,1-3H3. The van der Waals surface area contributed by atoms with E-state index in [1.54, 1.807) is 0 Å². The zero-order chi connectivity index (χ0) is 28.6. The number of hydrogen-bond donors (Lipinski definition) is 0. The van der Waals surface area contributed by atoms with E-state index in [1.165, 1.54) is 20.8 Å². The SMILES string of the molecule is CC(C)(C)C(=O)OCn1cc(COCCC(F)(F)C(F)(F)C(F)(F)C(F)(F)C(F)(F)C(F)(F)F)nn1. The molecule has 0 spiro atoms. The molecule has 6 nitrogen and oxygen atoms in total. The van der Waals surface area contributed by atoms with Crippen LogP contribution in [0.25, 0.3) is 0 Å². The lowest BCUT2D eigenvalue weighted by Gasteiger charge is -2.39. The van der Waals surface area contributed by atoms with Gasteiger partial charge in [-0.3, -0.25) is 4.79 Å². The molecule has 0 aliphatic carbocycles. The zero-order valence-corrected chi connectivity index (χ0v) is 18.4. The number of rotatable bonds is 11. The molecule has 1 aromatic heterocycles. The summed E-state index contributed by atoms with van der Waals surface area (Å²) in [5, 5.41) is 6.85. The molecule has 0 saturated carbocycles. The van der Waals surface area contributed by atoms with Crippen LogP contribution >= 0.6 is 0 Å². The van der Waals surface area contributed by atoms with Gasteiger partial charge in [0.25, 0.3) is 0 Å². The van der Waals surface area contributed by atoms with Crippen LogP contribution in [-0.4, -0.2) is 63.4 Å². The van der Waals surface area contributed by atoms with E-state index >= 15 is 0 Å². The van der Waals surface area contributed by atoms with E-state index in [9.17, 15) is 61.9 Å². The van der Waals surface area contributed by atoms with E-state index in [4.69, 9.17) is 4.74 Å². The van der Waals surface area contributed by atoms with E-state index in [0.717, 1.165) is 10.9 Å². The Morgan fingerprint density at radius 3 is 1.81 bits per heavy atom. The summed E-state index contributed by atoms with van der Waals surface area (Å²) in [5.41, 5.74) is -1.07. The van der Waals surface area contributed by atoms with Crippen molar-refractivity contribution in [2.45, 2.75) is 76.3 Å². The molecule has 1 heterocycles. The first kappa shape index (κ1) is 31.7. The van der Waals surface area contributed by atoms with Gasteiger partial charge in [0.15, 0.2) is 6.73 Å². The quantitative estimate of drug-likeness (QED) is 0.205. The Morgan fingerprint density at radius 2 is 1.33 bits per heavy atom. The Balaban J connectivity index is 2.81. The van der Waals surface area contributed by atoms with Crippen molar-refractivity contribution in [2.75, 3.05) is 6.61 Å². The topological polar surface area (TPSA) is 66.2 Å². The van der Waals surface area contributed by atoms with Gasteiger partial charge in [0, 0.05) is 6.42 Å². The molecule has 0 aliphatic heterocycles. The third kappa shape index (κ3) is 5.96. The van der Waals surface area contributed by atoms with Crippen LogP contribution in [-0.2, 0) is 27.6 Å². The van der Waals surface area contributed by atoms with Gasteiger partial charge in [-0.2, -0.15) is 57.1 Å². The molecule has 36 heavy (non-hydrogen) atoms. The summed E-state index contributed by atoms with van der Waals surface area (Å²) in [4.78, 5) is 11.6. The second-order valence-corrected chi connectivity index (χ2v) is 8.36. The maximum atomic E-state index is 13.7. The van der Waals surface area contributed by atoms with Crippen molar-refractivity contribution in [1.82, 2.24) is 15.0 Å². The van der Waals surface area contributed by atoms with Gasteiger partial charge >= 0.3 is 41.8 Å². The second kappa shape index (κ2) is 9.85. The first-order chi connectivity index (χ1) is 15.8. The minimum Gasteiger partial charge on any atom is -0.442 e. The van der Waals surface area contributed by atoms with Crippen LogP contribution in [0, 0.1) is 5.41 Å². The molecule has 1 rings (SSSR count). The number of carbonyl (C=O) groups excluding carboxylic acids is 1. The summed E-state index contributed by atoms with van der Waals surface area (Å²) in [7, 11) is 0. The van der Waals surface area contributed by atoms with E-state index < -0.39 is 73.5 Å². The molecule has 210 valence electrons. The molecule has 0 aromatic carbocycles. The normalized spacial score (nSPS) is 14.8. The summed E-state index contributed by atoms with van der Waals surface area (Å²) < 4.78 is 180. The highest BCUT2D eigenvalue weighted by atomic mass is 19.4. The van der Waals surface area contributed by atoms with E-state index in [0.29, 0.717) is 0 Å². The number of nitrogens with zero attached hydrogens (tertiary/aromatic N) is 3. The fourth-order valence-corrected chi connectivity index (χ4v) is 2.15. The maximum Gasteiger partial charge on any atom is 0.460 e. The maximum absolute atomic E-state index is 13.7. The zero-order valence-electron chi connectivity index (χ0n) is 18.4. The average molecular weight is 559 g/mol. The fraction of sp³-hybridized carbons (Fsp3) is 0.824. The van der Waals surface area contributed by atoms with Gasteiger partial charge < -0.3 is 9.47 Å². The number of aromatic nitrogens is 3. The lowest BCUT2D eigenvalue weighted by molar-refractivity contribution is -0.440.